The van der Waals surface area contributed by atoms with Crippen molar-refractivity contribution in [3.05, 3.63) is 12.7 Å². The molecule has 0 bridgehead atoms. The Bertz CT molecular complexity index is 238. The molecule has 20 heavy (non-hydrogen) atoms. The van der Waals surface area contributed by atoms with Crippen LogP contribution in [-0.4, -0.2) is 42.0 Å². The van der Waals surface area contributed by atoms with Gasteiger partial charge in [0.2, 0.25) is 0 Å². The molecule has 0 aliphatic carbocycles. The molecule has 0 unspecified atom stereocenters. The minimum Gasteiger partial charge on any atom is -0.463 e. The highest BCUT2D eigenvalue weighted by atomic mass is 28.2. The van der Waals surface area contributed by atoms with Crippen LogP contribution in [-0.2, 0) is 23.4 Å². The lowest BCUT2D eigenvalue weighted by Crippen LogP contribution is -2.24. The number of hydrogen-bond acceptors (Lipinski definition) is 5. The molecule has 6 heteroatoms. The van der Waals surface area contributed by atoms with Crippen LogP contribution >= 0.6 is 0 Å². The zero-order chi connectivity index (χ0) is 15.1. The van der Waals surface area contributed by atoms with Gasteiger partial charge in [-0.3, -0.25) is 0 Å². The summed E-state index contributed by atoms with van der Waals surface area (Å²) in [6.45, 7) is 8.66. The number of rotatable bonds is 14. The highest BCUT2D eigenvalue weighted by Gasteiger charge is 2.09. The van der Waals surface area contributed by atoms with E-state index in [1.807, 2.05) is 0 Å². The van der Waals surface area contributed by atoms with Gasteiger partial charge in [0.15, 0.2) is 9.76 Å². The van der Waals surface area contributed by atoms with E-state index in [1.165, 1.54) is 0 Å². The average Bonchev–Trinajstić information content (AvgIpc) is 2.46. The number of carbonyl (C=O) groups excluding carboxylic acids is 1. The van der Waals surface area contributed by atoms with Crippen LogP contribution in [0.5, 0.6) is 0 Å². The highest BCUT2D eigenvalue weighted by Crippen LogP contribution is 2.02. The molecule has 0 amide bonds. The summed E-state index contributed by atoms with van der Waals surface area (Å²) in [7, 11) is -0.817. The second-order valence-corrected chi connectivity index (χ2v) is 5.78. The fourth-order valence-electron chi connectivity index (χ4n) is 1.26. The first kappa shape index (κ1) is 19.3. The van der Waals surface area contributed by atoms with Crippen molar-refractivity contribution < 1.29 is 23.4 Å². The summed E-state index contributed by atoms with van der Waals surface area (Å²) in [4.78, 5) is 10.8. The van der Waals surface area contributed by atoms with Gasteiger partial charge >= 0.3 is 5.97 Å². The van der Waals surface area contributed by atoms with Gasteiger partial charge in [-0.15, -0.1) is 0 Å². The highest BCUT2D eigenvalue weighted by molar-refractivity contribution is 6.27. The van der Waals surface area contributed by atoms with E-state index in [4.69, 9.17) is 18.6 Å². The molecule has 0 saturated carbocycles. The maximum Gasteiger partial charge on any atom is 0.330 e. The largest absolute Gasteiger partial charge is 0.463 e. The molecule has 0 atom stereocenters. The smallest absolute Gasteiger partial charge is 0.330 e. The fraction of sp³-hybridized carbons (Fsp3) is 0.786. The molecule has 0 aromatic rings. The van der Waals surface area contributed by atoms with Gasteiger partial charge in [0.05, 0.1) is 19.8 Å². The number of esters is 1. The van der Waals surface area contributed by atoms with Crippen molar-refractivity contribution >= 4 is 15.7 Å². The normalized spacial score (nSPS) is 11.3. The topological polar surface area (TPSA) is 54.0 Å². The van der Waals surface area contributed by atoms with Crippen LogP contribution < -0.4 is 0 Å². The summed E-state index contributed by atoms with van der Waals surface area (Å²) in [5.74, 6) is -0.394. The predicted octanol–water partition coefficient (Wildman–Crippen LogP) is 2.15. The van der Waals surface area contributed by atoms with Crippen LogP contribution in [0.2, 0.25) is 6.04 Å². The first-order valence-corrected chi connectivity index (χ1v) is 8.96. The van der Waals surface area contributed by atoms with Crippen molar-refractivity contribution in [1.82, 2.24) is 0 Å². The standard InChI is InChI=1S/C14H28O5Si/c1-4-7-9-17-14(18-10-8-5-2)19-20-12-11-16-13(15)6-3/h6,14H,3-5,7-12,20H2,1-2H3. The summed E-state index contributed by atoms with van der Waals surface area (Å²) in [5.41, 5.74) is 0. The minimum absolute atomic E-state index is 0.369. The van der Waals surface area contributed by atoms with Gasteiger partial charge in [0, 0.05) is 6.08 Å². The van der Waals surface area contributed by atoms with Gasteiger partial charge < -0.3 is 18.6 Å². The SMILES string of the molecule is C=CC(=O)OCC[SiH2]OC(OCCCC)OCCCC. The van der Waals surface area contributed by atoms with Gasteiger partial charge in [-0.25, -0.2) is 4.79 Å². The summed E-state index contributed by atoms with van der Waals surface area (Å²) in [6.07, 6.45) is 5.31. The van der Waals surface area contributed by atoms with Gasteiger partial charge in [-0.05, 0) is 18.9 Å². The molecule has 0 aliphatic heterocycles. The second-order valence-electron chi connectivity index (χ2n) is 4.33. The molecule has 0 aliphatic rings. The van der Waals surface area contributed by atoms with Crippen LogP contribution in [0.3, 0.4) is 0 Å². The second kappa shape index (κ2) is 14.7. The first-order valence-electron chi connectivity index (χ1n) is 7.38. The molecule has 0 spiro atoms. The van der Waals surface area contributed by atoms with E-state index >= 15 is 0 Å². The zero-order valence-electron chi connectivity index (χ0n) is 12.8. The molecule has 0 fully saturated rings. The third-order valence-electron chi connectivity index (χ3n) is 2.46. The number of hydrogen-bond donors (Lipinski definition) is 0. The van der Waals surface area contributed by atoms with Crippen LogP contribution in [0.15, 0.2) is 12.7 Å². The Morgan fingerprint density at radius 2 is 1.75 bits per heavy atom. The summed E-state index contributed by atoms with van der Waals surface area (Å²) < 4.78 is 21.6. The van der Waals surface area contributed by atoms with E-state index in [-0.39, 0.29) is 0 Å². The lowest BCUT2D eigenvalue weighted by Gasteiger charge is -2.19. The molecule has 0 aromatic carbocycles. The van der Waals surface area contributed by atoms with E-state index in [9.17, 15) is 4.79 Å². The van der Waals surface area contributed by atoms with Crippen molar-refractivity contribution in [3.63, 3.8) is 0 Å². The molecular formula is C14H28O5Si. The lowest BCUT2D eigenvalue weighted by molar-refractivity contribution is -0.248. The predicted molar refractivity (Wildman–Crippen MR) is 81.1 cm³/mol. The van der Waals surface area contributed by atoms with Crippen molar-refractivity contribution in [1.29, 1.82) is 0 Å². The van der Waals surface area contributed by atoms with Gasteiger partial charge in [-0.1, -0.05) is 33.3 Å². The maximum atomic E-state index is 10.8. The van der Waals surface area contributed by atoms with Crippen molar-refractivity contribution in [2.45, 2.75) is 52.1 Å². The van der Waals surface area contributed by atoms with Gasteiger partial charge in [0.1, 0.15) is 0 Å². The van der Waals surface area contributed by atoms with Crippen LogP contribution in [0, 0.1) is 0 Å². The van der Waals surface area contributed by atoms with E-state index in [2.05, 4.69) is 20.4 Å². The minimum atomic E-state index is -0.817. The molecule has 0 heterocycles. The van der Waals surface area contributed by atoms with Crippen molar-refractivity contribution in [2.24, 2.45) is 0 Å². The quantitative estimate of drug-likeness (QED) is 0.162. The third-order valence-corrected chi connectivity index (χ3v) is 3.54. The maximum absolute atomic E-state index is 10.8. The molecule has 0 aromatic heterocycles. The summed E-state index contributed by atoms with van der Waals surface area (Å²) >= 11 is 0. The van der Waals surface area contributed by atoms with E-state index < -0.39 is 22.2 Å². The number of carbonyl (C=O) groups is 1. The molecule has 0 saturated heterocycles. The lowest BCUT2D eigenvalue weighted by atomic mass is 10.4. The molecule has 118 valence electrons. The summed E-state index contributed by atoms with van der Waals surface area (Å²) in [5, 5.41) is 0. The van der Waals surface area contributed by atoms with E-state index in [0.717, 1.165) is 37.8 Å². The van der Waals surface area contributed by atoms with Crippen LogP contribution in [0.4, 0.5) is 0 Å². The Morgan fingerprint density at radius 1 is 1.15 bits per heavy atom. The Balaban J connectivity index is 3.71. The third kappa shape index (κ3) is 12.3. The van der Waals surface area contributed by atoms with Gasteiger partial charge in [0.25, 0.3) is 6.48 Å². The summed E-state index contributed by atoms with van der Waals surface area (Å²) in [6, 6.07) is 0.740. The average molecular weight is 304 g/mol. The molecule has 5 nitrogen and oxygen atoms in total. The molecule has 0 N–H and O–H groups in total. The first-order chi connectivity index (χ1) is 9.74. The Hall–Kier alpha value is -0.693. The van der Waals surface area contributed by atoms with Crippen LogP contribution in [0.25, 0.3) is 0 Å². The fourth-order valence-corrected chi connectivity index (χ4v) is 2.08. The van der Waals surface area contributed by atoms with Crippen molar-refractivity contribution in [3.8, 4) is 0 Å². The van der Waals surface area contributed by atoms with E-state index in [1.54, 1.807) is 0 Å². The number of unbranched alkanes of at least 4 members (excludes halogenated alkanes) is 2. The Kier molecular flexibility index (Phi) is 14.2. The zero-order valence-corrected chi connectivity index (χ0v) is 14.2. The number of ether oxygens (including phenoxy) is 3. The Labute approximate surface area is 124 Å². The van der Waals surface area contributed by atoms with Crippen molar-refractivity contribution in [2.75, 3.05) is 19.8 Å². The monoisotopic (exact) mass is 304 g/mol. The molecule has 0 rings (SSSR count). The van der Waals surface area contributed by atoms with Gasteiger partial charge in [-0.2, -0.15) is 0 Å². The Morgan fingerprint density at radius 3 is 2.25 bits per heavy atom. The van der Waals surface area contributed by atoms with Crippen LogP contribution in [0.1, 0.15) is 39.5 Å². The molecule has 0 radical (unpaired) electrons. The van der Waals surface area contributed by atoms with E-state index in [0.29, 0.717) is 19.8 Å². The molecular weight excluding hydrogens is 276 g/mol.